The van der Waals surface area contributed by atoms with E-state index in [2.05, 4.69) is 10.3 Å². The van der Waals surface area contributed by atoms with Crippen LogP contribution in [0, 0.1) is 5.82 Å². The van der Waals surface area contributed by atoms with Gasteiger partial charge < -0.3 is 9.72 Å². The standard InChI is InChI=1S/C16H14FN3O/c17-14-6-2-1-5-12(14)10-18-16(21)9-13-11-20-8-4-3-7-15(20)19-13/h1-8,11H,9-10H2,(H,18,21). The predicted octanol–water partition coefficient (Wildman–Crippen LogP) is 2.33. The van der Waals surface area contributed by atoms with E-state index >= 15 is 0 Å². The highest BCUT2D eigenvalue weighted by Crippen LogP contribution is 2.07. The second kappa shape index (κ2) is 5.75. The highest BCUT2D eigenvalue weighted by Gasteiger charge is 2.08. The van der Waals surface area contributed by atoms with E-state index in [1.165, 1.54) is 6.07 Å². The van der Waals surface area contributed by atoms with Gasteiger partial charge in [-0.3, -0.25) is 4.79 Å². The fourth-order valence-corrected chi connectivity index (χ4v) is 2.13. The number of carbonyl (C=O) groups excluding carboxylic acids is 1. The van der Waals surface area contributed by atoms with Crippen molar-refractivity contribution in [1.82, 2.24) is 14.7 Å². The number of benzene rings is 1. The first kappa shape index (κ1) is 13.3. The normalized spacial score (nSPS) is 10.7. The lowest BCUT2D eigenvalue weighted by molar-refractivity contribution is -0.120. The van der Waals surface area contributed by atoms with Crippen LogP contribution in [0.3, 0.4) is 0 Å². The number of hydrogen-bond donors (Lipinski definition) is 1. The van der Waals surface area contributed by atoms with Gasteiger partial charge in [-0.25, -0.2) is 9.37 Å². The van der Waals surface area contributed by atoms with Crippen molar-refractivity contribution in [2.45, 2.75) is 13.0 Å². The fourth-order valence-electron chi connectivity index (χ4n) is 2.13. The topological polar surface area (TPSA) is 46.4 Å². The molecule has 0 fully saturated rings. The molecule has 5 heteroatoms. The average Bonchev–Trinajstić information content (AvgIpc) is 2.88. The smallest absolute Gasteiger partial charge is 0.226 e. The van der Waals surface area contributed by atoms with E-state index in [1.54, 1.807) is 18.2 Å². The second-order valence-corrected chi connectivity index (χ2v) is 4.74. The molecule has 2 aromatic heterocycles. The summed E-state index contributed by atoms with van der Waals surface area (Å²) >= 11 is 0. The van der Waals surface area contributed by atoms with E-state index in [9.17, 15) is 9.18 Å². The summed E-state index contributed by atoms with van der Waals surface area (Å²) in [5, 5.41) is 2.70. The first-order chi connectivity index (χ1) is 10.2. The summed E-state index contributed by atoms with van der Waals surface area (Å²) in [6.07, 6.45) is 3.87. The molecule has 0 aliphatic heterocycles. The van der Waals surface area contributed by atoms with Gasteiger partial charge in [0.15, 0.2) is 0 Å². The molecule has 0 spiro atoms. The Morgan fingerprint density at radius 3 is 2.81 bits per heavy atom. The number of fused-ring (bicyclic) bond motifs is 1. The zero-order valence-corrected chi connectivity index (χ0v) is 11.3. The molecule has 0 bridgehead atoms. The van der Waals surface area contributed by atoms with Gasteiger partial charge in [0.2, 0.25) is 5.91 Å². The number of halogens is 1. The van der Waals surface area contributed by atoms with Crippen molar-refractivity contribution in [2.75, 3.05) is 0 Å². The molecule has 3 rings (SSSR count). The van der Waals surface area contributed by atoms with Crippen molar-refractivity contribution < 1.29 is 9.18 Å². The van der Waals surface area contributed by atoms with Gasteiger partial charge in [-0.15, -0.1) is 0 Å². The summed E-state index contributed by atoms with van der Waals surface area (Å²) in [4.78, 5) is 16.2. The number of carbonyl (C=O) groups is 1. The van der Waals surface area contributed by atoms with Crippen LogP contribution in [0.5, 0.6) is 0 Å². The van der Waals surface area contributed by atoms with Crippen LogP contribution < -0.4 is 5.32 Å². The van der Waals surface area contributed by atoms with Crippen LogP contribution in [-0.4, -0.2) is 15.3 Å². The van der Waals surface area contributed by atoms with Crippen LogP contribution in [0.2, 0.25) is 0 Å². The molecular weight excluding hydrogens is 269 g/mol. The number of aromatic nitrogens is 2. The summed E-state index contributed by atoms with van der Waals surface area (Å²) in [6, 6.07) is 12.1. The van der Waals surface area contributed by atoms with Crippen LogP contribution in [0.4, 0.5) is 4.39 Å². The van der Waals surface area contributed by atoms with Gasteiger partial charge in [0.1, 0.15) is 11.5 Å². The first-order valence-electron chi connectivity index (χ1n) is 6.65. The number of nitrogens with one attached hydrogen (secondary N) is 1. The Hall–Kier alpha value is -2.69. The number of rotatable bonds is 4. The minimum atomic E-state index is -0.314. The molecule has 21 heavy (non-hydrogen) atoms. The Bertz CT molecular complexity index is 749. The van der Waals surface area contributed by atoms with Crippen LogP contribution in [-0.2, 0) is 17.8 Å². The Morgan fingerprint density at radius 1 is 1.19 bits per heavy atom. The third-order valence-corrected chi connectivity index (χ3v) is 3.19. The molecule has 0 radical (unpaired) electrons. The van der Waals surface area contributed by atoms with Crippen molar-refractivity contribution >= 4 is 11.6 Å². The maximum atomic E-state index is 13.4. The number of nitrogens with zero attached hydrogens (tertiary/aromatic N) is 2. The molecule has 0 aliphatic rings. The molecule has 0 atom stereocenters. The van der Waals surface area contributed by atoms with E-state index in [0.29, 0.717) is 11.3 Å². The molecule has 2 heterocycles. The number of hydrogen-bond acceptors (Lipinski definition) is 2. The fraction of sp³-hybridized carbons (Fsp3) is 0.125. The molecule has 0 unspecified atom stereocenters. The molecule has 0 saturated heterocycles. The molecule has 1 N–H and O–H groups in total. The lowest BCUT2D eigenvalue weighted by Gasteiger charge is -2.05. The van der Waals surface area contributed by atoms with E-state index in [1.807, 2.05) is 35.0 Å². The van der Waals surface area contributed by atoms with Gasteiger partial charge in [-0.05, 0) is 18.2 Å². The summed E-state index contributed by atoms with van der Waals surface area (Å²) < 4.78 is 15.3. The van der Waals surface area contributed by atoms with Crippen molar-refractivity contribution in [2.24, 2.45) is 0 Å². The number of imidazole rings is 1. The van der Waals surface area contributed by atoms with E-state index in [-0.39, 0.29) is 24.7 Å². The average molecular weight is 283 g/mol. The quantitative estimate of drug-likeness (QED) is 0.799. The molecule has 1 amide bonds. The minimum Gasteiger partial charge on any atom is -0.352 e. The first-order valence-corrected chi connectivity index (χ1v) is 6.65. The number of pyridine rings is 1. The lowest BCUT2D eigenvalue weighted by atomic mass is 10.2. The van der Waals surface area contributed by atoms with Crippen molar-refractivity contribution in [1.29, 1.82) is 0 Å². The van der Waals surface area contributed by atoms with Gasteiger partial charge in [-0.1, -0.05) is 24.3 Å². The van der Waals surface area contributed by atoms with Crippen LogP contribution in [0.25, 0.3) is 5.65 Å². The van der Waals surface area contributed by atoms with E-state index in [4.69, 9.17) is 0 Å². The summed E-state index contributed by atoms with van der Waals surface area (Å²) in [6.45, 7) is 0.179. The Labute approximate surface area is 121 Å². The Morgan fingerprint density at radius 2 is 2.00 bits per heavy atom. The Balaban J connectivity index is 1.62. The zero-order valence-electron chi connectivity index (χ0n) is 11.3. The highest BCUT2D eigenvalue weighted by molar-refractivity contribution is 5.78. The number of amides is 1. The second-order valence-electron chi connectivity index (χ2n) is 4.74. The molecule has 106 valence electrons. The molecule has 1 aromatic carbocycles. The minimum absolute atomic E-state index is 0.177. The molecule has 4 nitrogen and oxygen atoms in total. The van der Waals surface area contributed by atoms with E-state index < -0.39 is 0 Å². The highest BCUT2D eigenvalue weighted by atomic mass is 19.1. The van der Waals surface area contributed by atoms with Crippen LogP contribution >= 0.6 is 0 Å². The summed E-state index contributed by atoms with van der Waals surface area (Å²) in [5.41, 5.74) is 1.96. The Kier molecular flexibility index (Phi) is 3.64. The third kappa shape index (κ3) is 3.08. The summed E-state index contributed by atoms with van der Waals surface area (Å²) in [7, 11) is 0. The van der Waals surface area contributed by atoms with Crippen molar-refractivity contribution in [3.63, 3.8) is 0 Å². The summed E-state index contributed by atoms with van der Waals surface area (Å²) in [5.74, 6) is -0.493. The third-order valence-electron chi connectivity index (χ3n) is 3.19. The van der Waals surface area contributed by atoms with Crippen molar-refractivity contribution in [3.05, 3.63) is 71.9 Å². The zero-order chi connectivity index (χ0) is 14.7. The van der Waals surface area contributed by atoms with Gasteiger partial charge in [0, 0.05) is 24.5 Å². The SMILES string of the molecule is O=C(Cc1cn2ccccc2n1)NCc1ccccc1F. The van der Waals surface area contributed by atoms with Crippen molar-refractivity contribution in [3.8, 4) is 0 Å². The maximum Gasteiger partial charge on any atom is 0.226 e. The monoisotopic (exact) mass is 283 g/mol. The van der Waals surface area contributed by atoms with Gasteiger partial charge in [0.05, 0.1) is 12.1 Å². The molecule has 3 aromatic rings. The van der Waals surface area contributed by atoms with E-state index in [0.717, 1.165) is 5.65 Å². The van der Waals surface area contributed by atoms with Gasteiger partial charge >= 0.3 is 0 Å². The molecular formula is C16H14FN3O. The van der Waals surface area contributed by atoms with Gasteiger partial charge in [-0.2, -0.15) is 0 Å². The van der Waals surface area contributed by atoms with Crippen LogP contribution in [0.15, 0.2) is 54.9 Å². The predicted molar refractivity (Wildman–Crippen MR) is 77.1 cm³/mol. The van der Waals surface area contributed by atoms with Crippen LogP contribution in [0.1, 0.15) is 11.3 Å². The molecule has 0 aliphatic carbocycles. The maximum absolute atomic E-state index is 13.4. The lowest BCUT2D eigenvalue weighted by Crippen LogP contribution is -2.25. The van der Waals surface area contributed by atoms with Gasteiger partial charge in [0.25, 0.3) is 0 Å². The molecule has 0 saturated carbocycles. The largest absolute Gasteiger partial charge is 0.352 e.